The highest BCUT2D eigenvalue weighted by Gasteiger charge is 2.35. The van der Waals surface area contributed by atoms with Crippen molar-refractivity contribution in [2.45, 2.75) is 56.8 Å². The van der Waals surface area contributed by atoms with Gasteiger partial charge < -0.3 is 5.32 Å². The smallest absolute Gasteiger partial charge is 0.229 e. The number of carbonyl (C=O) groups excluding carboxylic acids is 3. The average Bonchev–Trinajstić information content (AvgIpc) is 3.23. The van der Waals surface area contributed by atoms with Crippen LogP contribution in [0.3, 0.4) is 0 Å². The Morgan fingerprint density at radius 1 is 1.17 bits per heavy atom. The quantitative estimate of drug-likeness (QED) is 0.804. The van der Waals surface area contributed by atoms with Crippen LogP contribution in [0.2, 0.25) is 0 Å². The average molecular weight is 348 g/mol. The van der Waals surface area contributed by atoms with Gasteiger partial charge >= 0.3 is 0 Å². The summed E-state index contributed by atoms with van der Waals surface area (Å²) in [6, 6.07) is 4.24. The Labute approximate surface area is 146 Å². The van der Waals surface area contributed by atoms with Crippen molar-refractivity contribution in [3.8, 4) is 0 Å². The molecule has 24 heavy (non-hydrogen) atoms. The van der Waals surface area contributed by atoms with Crippen LogP contribution in [-0.2, 0) is 19.8 Å². The number of nitrogens with zero attached hydrogens (tertiary/aromatic N) is 1. The van der Waals surface area contributed by atoms with Gasteiger partial charge in [-0.15, -0.1) is 11.3 Å². The fourth-order valence-corrected chi connectivity index (χ4v) is 4.75. The first-order valence-electron chi connectivity index (χ1n) is 8.75. The van der Waals surface area contributed by atoms with E-state index >= 15 is 0 Å². The number of nitrogens with one attached hydrogen (secondary N) is 1. The number of amides is 3. The summed E-state index contributed by atoms with van der Waals surface area (Å²) in [6.07, 6.45) is 6.63. The van der Waals surface area contributed by atoms with Crippen LogP contribution in [0, 0.1) is 0 Å². The van der Waals surface area contributed by atoms with E-state index in [0.29, 0.717) is 6.54 Å². The molecule has 6 heteroatoms. The summed E-state index contributed by atoms with van der Waals surface area (Å²) in [5, 5.41) is 5.15. The van der Waals surface area contributed by atoms with Gasteiger partial charge in [-0.1, -0.05) is 25.3 Å². The van der Waals surface area contributed by atoms with Gasteiger partial charge in [-0.2, -0.15) is 0 Å². The summed E-state index contributed by atoms with van der Waals surface area (Å²) in [5.41, 5.74) is 0.0569. The Bertz CT molecular complexity index is 590. The predicted octanol–water partition coefficient (Wildman–Crippen LogP) is 2.61. The lowest BCUT2D eigenvalue weighted by Crippen LogP contribution is -2.42. The Kier molecular flexibility index (Phi) is 5.33. The molecule has 1 aromatic rings. The minimum atomic E-state index is -0.157. The van der Waals surface area contributed by atoms with E-state index in [-0.39, 0.29) is 48.9 Å². The van der Waals surface area contributed by atoms with Gasteiger partial charge in [0.05, 0.1) is 0 Å². The summed E-state index contributed by atoms with van der Waals surface area (Å²) < 4.78 is 0. The zero-order chi connectivity index (χ0) is 17.0. The number of imide groups is 1. The molecular formula is C18H24N2O3S. The summed E-state index contributed by atoms with van der Waals surface area (Å²) in [4.78, 5) is 37.9. The number of hydrogen-bond donors (Lipinski definition) is 1. The maximum atomic E-state index is 12.2. The van der Waals surface area contributed by atoms with Crippen LogP contribution >= 0.6 is 11.3 Å². The van der Waals surface area contributed by atoms with Gasteiger partial charge in [0.15, 0.2) is 0 Å². The van der Waals surface area contributed by atoms with Crippen molar-refractivity contribution in [3.05, 3.63) is 22.4 Å². The van der Waals surface area contributed by atoms with Crippen LogP contribution in [0.1, 0.15) is 56.2 Å². The van der Waals surface area contributed by atoms with E-state index in [2.05, 4.69) is 22.8 Å². The Morgan fingerprint density at radius 2 is 1.88 bits per heavy atom. The van der Waals surface area contributed by atoms with Crippen molar-refractivity contribution in [2.75, 3.05) is 13.1 Å². The number of hydrogen-bond acceptors (Lipinski definition) is 4. The second kappa shape index (κ2) is 7.47. The van der Waals surface area contributed by atoms with Crippen LogP contribution in [0.25, 0.3) is 0 Å². The molecule has 3 rings (SSSR count). The molecule has 0 radical (unpaired) electrons. The van der Waals surface area contributed by atoms with E-state index in [9.17, 15) is 14.4 Å². The molecule has 0 aromatic carbocycles. The molecule has 0 unspecified atom stereocenters. The lowest BCUT2D eigenvalue weighted by molar-refractivity contribution is -0.138. The first-order valence-corrected chi connectivity index (χ1v) is 9.63. The maximum Gasteiger partial charge on any atom is 0.229 e. The third-order valence-corrected chi connectivity index (χ3v) is 6.31. The third kappa shape index (κ3) is 3.69. The van der Waals surface area contributed by atoms with Crippen LogP contribution in [0.15, 0.2) is 17.5 Å². The molecule has 2 fully saturated rings. The number of thiophene rings is 1. The molecule has 1 aliphatic heterocycles. The molecule has 0 atom stereocenters. The van der Waals surface area contributed by atoms with E-state index in [0.717, 1.165) is 12.8 Å². The molecule has 3 amide bonds. The van der Waals surface area contributed by atoms with Crippen molar-refractivity contribution in [1.82, 2.24) is 10.2 Å². The molecule has 1 saturated heterocycles. The molecule has 2 aliphatic rings. The predicted molar refractivity (Wildman–Crippen MR) is 92.7 cm³/mol. The number of rotatable bonds is 6. The zero-order valence-corrected chi connectivity index (χ0v) is 14.7. The molecule has 0 spiro atoms. The first-order chi connectivity index (χ1) is 11.6. The number of carbonyl (C=O) groups is 3. The normalized spacial score (nSPS) is 20.4. The van der Waals surface area contributed by atoms with Crippen molar-refractivity contribution < 1.29 is 14.4 Å². The topological polar surface area (TPSA) is 66.5 Å². The molecule has 2 heterocycles. The highest BCUT2D eigenvalue weighted by atomic mass is 32.1. The van der Waals surface area contributed by atoms with E-state index in [1.54, 1.807) is 11.3 Å². The molecular weight excluding hydrogens is 324 g/mol. The van der Waals surface area contributed by atoms with Crippen molar-refractivity contribution in [3.63, 3.8) is 0 Å². The minimum absolute atomic E-state index is 0.0569. The van der Waals surface area contributed by atoms with E-state index in [1.807, 2.05) is 0 Å². The van der Waals surface area contributed by atoms with Gasteiger partial charge in [0.1, 0.15) is 0 Å². The number of likely N-dealkylation sites (tertiary alicyclic amines) is 1. The Balaban J connectivity index is 1.54. The molecule has 1 aliphatic carbocycles. The van der Waals surface area contributed by atoms with E-state index in [1.165, 1.54) is 29.0 Å². The third-order valence-electron chi connectivity index (χ3n) is 5.20. The summed E-state index contributed by atoms with van der Waals surface area (Å²) >= 11 is 1.77. The molecule has 1 N–H and O–H groups in total. The molecule has 130 valence electrons. The zero-order valence-electron chi connectivity index (χ0n) is 13.9. The van der Waals surface area contributed by atoms with Crippen molar-refractivity contribution in [1.29, 1.82) is 0 Å². The summed E-state index contributed by atoms with van der Waals surface area (Å²) in [7, 11) is 0. The van der Waals surface area contributed by atoms with Gasteiger partial charge in [0, 0.05) is 42.6 Å². The fraction of sp³-hybridized carbons (Fsp3) is 0.611. The maximum absolute atomic E-state index is 12.2. The Morgan fingerprint density at radius 3 is 2.50 bits per heavy atom. The van der Waals surface area contributed by atoms with Crippen LogP contribution in [-0.4, -0.2) is 35.7 Å². The molecule has 1 aromatic heterocycles. The van der Waals surface area contributed by atoms with Gasteiger partial charge in [-0.05, 0) is 24.3 Å². The lowest BCUT2D eigenvalue weighted by Gasteiger charge is -2.36. The SMILES string of the molecule is O=C(CCN1C(=O)CCC1=O)NCC1(c2cccs2)CCCCC1. The summed E-state index contributed by atoms with van der Waals surface area (Å²) in [6.45, 7) is 0.851. The fourth-order valence-electron chi connectivity index (χ4n) is 3.76. The van der Waals surface area contributed by atoms with Crippen LogP contribution in [0.4, 0.5) is 0 Å². The second-order valence-electron chi connectivity index (χ2n) is 6.78. The Hall–Kier alpha value is -1.69. The van der Waals surface area contributed by atoms with Gasteiger partial charge in [-0.25, -0.2) is 0 Å². The molecule has 5 nitrogen and oxygen atoms in total. The summed E-state index contributed by atoms with van der Waals surface area (Å²) in [5.74, 6) is -0.394. The first kappa shape index (κ1) is 17.1. The standard InChI is InChI=1S/C18H24N2O3S/c21-15(8-11-20-16(22)6-7-17(20)23)19-13-18(9-2-1-3-10-18)14-5-4-12-24-14/h4-5,12H,1-3,6-11,13H2,(H,19,21). The lowest BCUT2D eigenvalue weighted by atomic mass is 9.73. The van der Waals surface area contributed by atoms with Crippen molar-refractivity contribution in [2.24, 2.45) is 0 Å². The molecule has 0 bridgehead atoms. The van der Waals surface area contributed by atoms with Gasteiger partial charge in [-0.3, -0.25) is 19.3 Å². The van der Waals surface area contributed by atoms with Crippen molar-refractivity contribution >= 4 is 29.1 Å². The van der Waals surface area contributed by atoms with Crippen LogP contribution < -0.4 is 5.32 Å². The van der Waals surface area contributed by atoms with Crippen LogP contribution in [0.5, 0.6) is 0 Å². The molecule has 1 saturated carbocycles. The van der Waals surface area contributed by atoms with E-state index < -0.39 is 0 Å². The second-order valence-corrected chi connectivity index (χ2v) is 7.73. The monoisotopic (exact) mass is 348 g/mol. The van der Waals surface area contributed by atoms with E-state index in [4.69, 9.17) is 0 Å². The largest absolute Gasteiger partial charge is 0.355 e. The highest BCUT2D eigenvalue weighted by molar-refractivity contribution is 7.10. The minimum Gasteiger partial charge on any atom is -0.355 e. The van der Waals surface area contributed by atoms with Gasteiger partial charge in [0.25, 0.3) is 0 Å². The highest BCUT2D eigenvalue weighted by Crippen LogP contribution is 2.41. The van der Waals surface area contributed by atoms with Gasteiger partial charge in [0.2, 0.25) is 17.7 Å².